The van der Waals surface area contributed by atoms with Gasteiger partial charge in [-0.25, -0.2) is 4.98 Å². The molecule has 5 rings (SSSR count). The van der Waals surface area contributed by atoms with Crippen LogP contribution < -0.4 is 4.90 Å². The van der Waals surface area contributed by atoms with E-state index in [9.17, 15) is 0 Å². The molecule has 7 heteroatoms. The van der Waals surface area contributed by atoms with E-state index in [1.54, 1.807) is 0 Å². The van der Waals surface area contributed by atoms with E-state index in [0.29, 0.717) is 6.04 Å². The fourth-order valence-corrected chi connectivity index (χ4v) is 3.75. The maximum Gasteiger partial charge on any atom is 0.140 e. The van der Waals surface area contributed by atoms with Gasteiger partial charge in [0.05, 0.1) is 29.3 Å². The van der Waals surface area contributed by atoms with Crippen molar-refractivity contribution in [2.24, 2.45) is 7.05 Å². The number of aryl methyl sites for hydroxylation is 1. The Morgan fingerprint density at radius 1 is 1.30 bits per heavy atom. The number of nitrogens with zero attached hydrogens (tertiary/aromatic N) is 5. The highest BCUT2D eigenvalue weighted by Crippen LogP contribution is 2.40. The summed E-state index contributed by atoms with van der Waals surface area (Å²) in [5.41, 5.74) is 4.27. The van der Waals surface area contributed by atoms with Crippen LogP contribution in [0.2, 0.25) is 0 Å². The maximum absolute atomic E-state index is 5.54. The summed E-state index contributed by atoms with van der Waals surface area (Å²) in [7, 11) is 1.99. The second-order valence-electron chi connectivity index (χ2n) is 6.23. The van der Waals surface area contributed by atoms with Gasteiger partial charge in [-0.2, -0.15) is 10.2 Å². The van der Waals surface area contributed by atoms with Crippen LogP contribution in [-0.4, -0.2) is 44.2 Å². The van der Waals surface area contributed by atoms with Crippen molar-refractivity contribution in [1.82, 2.24) is 25.0 Å². The van der Waals surface area contributed by atoms with E-state index in [1.165, 1.54) is 5.69 Å². The first-order valence-corrected chi connectivity index (χ1v) is 8.01. The van der Waals surface area contributed by atoms with Crippen LogP contribution in [0.1, 0.15) is 18.5 Å². The average molecular weight is 310 g/mol. The highest BCUT2D eigenvalue weighted by Gasteiger charge is 2.31. The molecule has 118 valence electrons. The lowest BCUT2D eigenvalue weighted by Crippen LogP contribution is -2.39. The molecule has 0 aliphatic carbocycles. The maximum atomic E-state index is 5.54. The second-order valence-corrected chi connectivity index (χ2v) is 6.23. The lowest BCUT2D eigenvalue weighted by molar-refractivity contribution is 0.0839. The molecule has 23 heavy (non-hydrogen) atoms. The Bertz CT molecular complexity index is 876. The van der Waals surface area contributed by atoms with Gasteiger partial charge in [-0.1, -0.05) is 0 Å². The third-order valence-corrected chi connectivity index (χ3v) is 5.00. The van der Waals surface area contributed by atoms with Crippen LogP contribution in [0.3, 0.4) is 0 Å². The fourth-order valence-electron chi connectivity index (χ4n) is 3.75. The summed E-state index contributed by atoms with van der Waals surface area (Å²) in [4.78, 5) is 7.13. The minimum Gasteiger partial charge on any atom is -0.381 e. The summed E-state index contributed by atoms with van der Waals surface area (Å²) in [6, 6.07) is 2.42. The van der Waals surface area contributed by atoms with Gasteiger partial charge in [0.15, 0.2) is 0 Å². The Morgan fingerprint density at radius 3 is 3.04 bits per heavy atom. The Labute approximate surface area is 133 Å². The van der Waals surface area contributed by atoms with Gasteiger partial charge in [-0.05, 0) is 18.9 Å². The molecule has 7 nitrogen and oxygen atoms in total. The van der Waals surface area contributed by atoms with Gasteiger partial charge in [0.25, 0.3) is 0 Å². The van der Waals surface area contributed by atoms with Gasteiger partial charge in [0.2, 0.25) is 0 Å². The topological polar surface area (TPSA) is 71.9 Å². The molecular weight excluding hydrogens is 292 g/mol. The number of fused-ring (bicyclic) bond motifs is 2. The molecule has 0 amide bonds. The highest BCUT2D eigenvalue weighted by molar-refractivity contribution is 6.02. The largest absolute Gasteiger partial charge is 0.381 e. The van der Waals surface area contributed by atoms with Gasteiger partial charge >= 0.3 is 0 Å². The Morgan fingerprint density at radius 2 is 2.17 bits per heavy atom. The molecule has 0 saturated carbocycles. The van der Waals surface area contributed by atoms with E-state index in [4.69, 9.17) is 9.72 Å². The number of hydrogen-bond acceptors (Lipinski definition) is 5. The Balaban J connectivity index is 1.76. The van der Waals surface area contributed by atoms with Crippen LogP contribution in [0.4, 0.5) is 5.82 Å². The minimum atomic E-state index is 0.436. The number of aromatic nitrogens is 5. The van der Waals surface area contributed by atoms with E-state index in [0.717, 1.165) is 60.6 Å². The predicted molar refractivity (Wildman–Crippen MR) is 86.1 cm³/mol. The minimum absolute atomic E-state index is 0.436. The molecule has 1 N–H and O–H groups in total. The van der Waals surface area contributed by atoms with Gasteiger partial charge in [0.1, 0.15) is 11.5 Å². The first-order valence-electron chi connectivity index (χ1n) is 8.01. The van der Waals surface area contributed by atoms with Gasteiger partial charge in [-0.3, -0.25) is 9.78 Å². The van der Waals surface area contributed by atoms with Gasteiger partial charge in [-0.15, -0.1) is 0 Å². The summed E-state index contributed by atoms with van der Waals surface area (Å²) in [6.07, 6.45) is 5.83. The Hall–Kier alpha value is -2.41. The molecule has 3 aromatic rings. The lowest BCUT2D eigenvalue weighted by Gasteiger charge is -2.35. The average Bonchev–Trinajstić information content (AvgIpc) is 3.13. The highest BCUT2D eigenvalue weighted by atomic mass is 16.5. The third-order valence-electron chi connectivity index (χ3n) is 5.00. The third kappa shape index (κ3) is 1.83. The molecule has 0 atom stereocenters. The molecule has 2 aliphatic rings. The van der Waals surface area contributed by atoms with Gasteiger partial charge in [0, 0.05) is 38.1 Å². The smallest absolute Gasteiger partial charge is 0.140 e. The van der Waals surface area contributed by atoms with Crippen LogP contribution in [0.25, 0.3) is 22.2 Å². The van der Waals surface area contributed by atoms with Gasteiger partial charge < -0.3 is 9.64 Å². The zero-order valence-corrected chi connectivity index (χ0v) is 13.0. The summed E-state index contributed by atoms with van der Waals surface area (Å²) in [6.45, 7) is 2.43. The van der Waals surface area contributed by atoms with Crippen molar-refractivity contribution in [3.63, 3.8) is 0 Å². The van der Waals surface area contributed by atoms with Crippen LogP contribution in [0.15, 0.2) is 18.5 Å². The normalized spacial score (nSPS) is 18.2. The number of pyridine rings is 1. The van der Waals surface area contributed by atoms with Crippen molar-refractivity contribution in [2.75, 3.05) is 18.1 Å². The molecular formula is C16H18N6O. The summed E-state index contributed by atoms with van der Waals surface area (Å²) < 4.78 is 7.50. The molecule has 0 bridgehead atoms. The van der Waals surface area contributed by atoms with E-state index < -0.39 is 0 Å². The summed E-state index contributed by atoms with van der Waals surface area (Å²) in [5, 5.41) is 13.2. The van der Waals surface area contributed by atoms with Crippen molar-refractivity contribution in [1.29, 1.82) is 0 Å². The van der Waals surface area contributed by atoms with Crippen molar-refractivity contribution < 1.29 is 4.74 Å². The van der Waals surface area contributed by atoms with Crippen molar-refractivity contribution in [3.8, 4) is 11.3 Å². The predicted octanol–water partition coefficient (Wildman–Crippen LogP) is 1.86. The van der Waals surface area contributed by atoms with Crippen molar-refractivity contribution >= 4 is 16.7 Å². The fraction of sp³-hybridized carbons (Fsp3) is 0.438. The zero-order chi connectivity index (χ0) is 15.4. The number of anilines is 1. The number of rotatable bonds is 1. The second kappa shape index (κ2) is 4.79. The zero-order valence-electron chi connectivity index (χ0n) is 13.0. The van der Waals surface area contributed by atoms with Crippen LogP contribution in [0, 0.1) is 0 Å². The number of nitrogens with one attached hydrogen (secondary N) is 1. The van der Waals surface area contributed by atoms with Crippen molar-refractivity contribution in [3.05, 3.63) is 24.2 Å². The molecule has 3 aromatic heterocycles. The first-order chi connectivity index (χ1) is 11.3. The molecule has 0 unspecified atom stereocenters. The molecule has 1 fully saturated rings. The quantitative estimate of drug-likeness (QED) is 0.743. The number of hydrogen-bond donors (Lipinski definition) is 1. The molecule has 0 spiro atoms. The number of H-pyrrole nitrogens is 1. The molecule has 1 saturated heterocycles. The monoisotopic (exact) mass is 310 g/mol. The molecule has 2 aliphatic heterocycles. The SMILES string of the molecule is Cn1ncc2c1CN(C1CCOCC1)c1nccc3[nH]nc-2c13. The lowest BCUT2D eigenvalue weighted by atomic mass is 10.1. The van der Waals surface area contributed by atoms with E-state index >= 15 is 0 Å². The number of ether oxygens (including phenoxy) is 1. The van der Waals surface area contributed by atoms with Crippen LogP contribution in [-0.2, 0) is 18.3 Å². The van der Waals surface area contributed by atoms with E-state index in [2.05, 4.69) is 20.2 Å². The standard InChI is InChI=1S/C16H18N6O/c1-21-13-9-22(10-3-6-23-7-4-10)16-14-12(2-5-17-16)19-20-15(14)11(13)8-18-21/h2,5,8,10H,3-4,6-7,9H2,1H3,(H,19,20). The molecule has 5 heterocycles. The van der Waals surface area contributed by atoms with E-state index in [1.807, 2.05) is 30.2 Å². The summed E-state index contributed by atoms with van der Waals surface area (Å²) >= 11 is 0. The van der Waals surface area contributed by atoms with Crippen molar-refractivity contribution in [2.45, 2.75) is 25.4 Å². The van der Waals surface area contributed by atoms with Crippen LogP contribution >= 0.6 is 0 Å². The number of aromatic amines is 1. The first kappa shape index (κ1) is 13.1. The molecule has 0 radical (unpaired) electrons. The van der Waals surface area contributed by atoms with E-state index in [-0.39, 0.29) is 0 Å². The Kier molecular flexibility index (Phi) is 2.72. The van der Waals surface area contributed by atoms with Crippen LogP contribution in [0.5, 0.6) is 0 Å². The summed E-state index contributed by atoms with van der Waals surface area (Å²) in [5.74, 6) is 1.02. The molecule has 0 aromatic carbocycles.